The number of carbonyl (C=O) groups is 1. The van der Waals surface area contributed by atoms with Crippen molar-refractivity contribution >= 4 is 28.3 Å². The molecule has 33 heavy (non-hydrogen) atoms. The molecule has 0 bridgehead atoms. The zero-order valence-corrected chi connectivity index (χ0v) is 18.9. The Morgan fingerprint density at radius 1 is 1.09 bits per heavy atom. The minimum absolute atomic E-state index is 0.112. The van der Waals surface area contributed by atoms with E-state index in [1.165, 1.54) is 5.56 Å². The van der Waals surface area contributed by atoms with Crippen molar-refractivity contribution in [3.8, 4) is 16.4 Å². The standard InChI is InChI=1S/C25H22N6OS/c1-16-11-12-18-19(15-16)27-22(26-18)20-9-5-13-30(20)25(32)23-28-24(21-10-6-14-33-21)31(29-23)17-7-3-2-4-8-17/h2-4,6-8,10-12,14-15,20H,5,9,13H2,1H3,(H,26,27). The van der Waals surface area contributed by atoms with Gasteiger partial charge >= 0.3 is 0 Å². The SMILES string of the molecule is Cc1ccc2nc(C3CCCN3C(=O)c3nc(-c4cccs4)n(-c4ccccc4)n3)[nH]c2c1. The Kier molecular flexibility index (Phi) is 4.80. The topological polar surface area (TPSA) is 79.7 Å². The van der Waals surface area contributed by atoms with E-state index in [1.807, 2.05) is 58.8 Å². The molecule has 0 spiro atoms. The maximum Gasteiger partial charge on any atom is 0.294 e. The van der Waals surface area contributed by atoms with Crippen molar-refractivity contribution in [2.24, 2.45) is 0 Å². The lowest BCUT2D eigenvalue weighted by atomic mass is 10.2. The minimum Gasteiger partial charge on any atom is -0.340 e. The van der Waals surface area contributed by atoms with E-state index in [9.17, 15) is 4.79 Å². The lowest BCUT2D eigenvalue weighted by Crippen LogP contribution is -2.32. The fourth-order valence-electron chi connectivity index (χ4n) is 4.44. The van der Waals surface area contributed by atoms with Gasteiger partial charge in [0.25, 0.3) is 5.91 Å². The van der Waals surface area contributed by atoms with Crippen LogP contribution < -0.4 is 0 Å². The number of aromatic nitrogens is 5. The number of imidazole rings is 1. The van der Waals surface area contributed by atoms with Gasteiger partial charge in [0.05, 0.1) is 27.6 Å². The van der Waals surface area contributed by atoms with E-state index in [0.29, 0.717) is 12.4 Å². The first-order chi connectivity index (χ1) is 16.2. The van der Waals surface area contributed by atoms with Crippen LogP contribution in [0.3, 0.4) is 0 Å². The molecule has 0 radical (unpaired) electrons. The van der Waals surface area contributed by atoms with Crippen molar-refractivity contribution in [1.82, 2.24) is 29.6 Å². The second-order valence-corrected chi connectivity index (χ2v) is 9.23. The van der Waals surface area contributed by atoms with Crippen LogP contribution in [-0.2, 0) is 0 Å². The molecule has 7 nitrogen and oxygen atoms in total. The zero-order valence-electron chi connectivity index (χ0n) is 18.1. The maximum atomic E-state index is 13.6. The summed E-state index contributed by atoms with van der Waals surface area (Å²) >= 11 is 1.58. The Labute approximate surface area is 194 Å². The molecule has 1 unspecified atom stereocenters. The summed E-state index contributed by atoms with van der Waals surface area (Å²) in [5.41, 5.74) is 3.96. The van der Waals surface area contributed by atoms with Crippen molar-refractivity contribution in [2.75, 3.05) is 6.54 Å². The number of fused-ring (bicyclic) bond motifs is 1. The predicted molar refractivity (Wildman–Crippen MR) is 129 cm³/mol. The van der Waals surface area contributed by atoms with E-state index in [2.05, 4.69) is 29.1 Å². The van der Waals surface area contributed by atoms with Crippen LogP contribution in [0.15, 0.2) is 66.0 Å². The summed E-state index contributed by atoms with van der Waals surface area (Å²) in [5, 5.41) is 6.65. The van der Waals surface area contributed by atoms with E-state index < -0.39 is 0 Å². The first-order valence-corrected chi connectivity index (χ1v) is 11.9. The number of H-pyrrole nitrogens is 1. The summed E-state index contributed by atoms with van der Waals surface area (Å²) in [5.74, 6) is 1.54. The van der Waals surface area contributed by atoms with Crippen LogP contribution in [0.25, 0.3) is 27.4 Å². The molecule has 1 atom stereocenters. The van der Waals surface area contributed by atoms with Gasteiger partial charge in [-0.25, -0.2) is 14.6 Å². The molecule has 5 aromatic rings. The molecule has 1 amide bonds. The van der Waals surface area contributed by atoms with Crippen LogP contribution in [0.4, 0.5) is 0 Å². The first kappa shape index (κ1) is 19.9. The molecule has 2 aromatic carbocycles. The monoisotopic (exact) mass is 454 g/mol. The molecule has 3 aromatic heterocycles. The Balaban J connectivity index is 1.37. The number of rotatable bonds is 4. The lowest BCUT2D eigenvalue weighted by molar-refractivity contribution is 0.0718. The highest BCUT2D eigenvalue weighted by atomic mass is 32.1. The molecule has 1 aliphatic heterocycles. The Morgan fingerprint density at radius 2 is 1.97 bits per heavy atom. The molecular formula is C25H22N6OS. The number of hydrogen-bond donors (Lipinski definition) is 1. The fraction of sp³-hybridized carbons (Fsp3) is 0.200. The van der Waals surface area contributed by atoms with Crippen molar-refractivity contribution in [2.45, 2.75) is 25.8 Å². The summed E-state index contributed by atoms with van der Waals surface area (Å²) in [6, 6.07) is 19.8. The van der Waals surface area contributed by atoms with Crippen molar-refractivity contribution in [3.63, 3.8) is 0 Å². The number of likely N-dealkylation sites (tertiary alicyclic amines) is 1. The Hall–Kier alpha value is -3.78. The highest BCUT2D eigenvalue weighted by Crippen LogP contribution is 2.33. The zero-order chi connectivity index (χ0) is 22.4. The molecule has 164 valence electrons. The highest BCUT2D eigenvalue weighted by Gasteiger charge is 2.35. The summed E-state index contributed by atoms with van der Waals surface area (Å²) in [7, 11) is 0. The van der Waals surface area contributed by atoms with Gasteiger partial charge in [-0.3, -0.25) is 4.79 Å². The number of nitrogens with one attached hydrogen (secondary N) is 1. The summed E-state index contributed by atoms with van der Waals surface area (Å²) in [6.07, 6.45) is 1.78. The van der Waals surface area contributed by atoms with Crippen molar-refractivity contribution < 1.29 is 4.79 Å². The number of hydrogen-bond acceptors (Lipinski definition) is 5. The molecule has 0 saturated carbocycles. The van der Waals surface area contributed by atoms with E-state index in [1.54, 1.807) is 16.0 Å². The third kappa shape index (κ3) is 3.52. The van der Waals surface area contributed by atoms with E-state index in [4.69, 9.17) is 9.97 Å². The lowest BCUT2D eigenvalue weighted by Gasteiger charge is -2.21. The van der Waals surface area contributed by atoms with Gasteiger partial charge in [-0.1, -0.05) is 30.3 Å². The van der Waals surface area contributed by atoms with Gasteiger partial charge in [-0.2, -0.15) is 0 Å². The van der Waals surface area contributed by atoms with Gasteiger partial charge in [-0.15, -0.1) is 16.4 Å². The average molecular weight is 455 g/mol. The Morgan fingerprint density at radius 3 is 2.79 bits per heavy atom. The second-order valence-electron chi connectivity index (χ2n) is 8.28. The number of para-hydroxylation sites is 1. The quantitative estimate of drug-likeness (QED) is 0.407. The summed E-state index contributed by atoms with van der Waals surface area (Å²) in [6.45, 7) is 2.72. The van der Waals surface area contributed by atoms with E-state index in [-0.39, 0.29) is 17.8 Å². The van der Waals surface area contributed by atoms with Crippen LogP contribution in [0, 0.1) is 6.92 Å². The van der Waals surface area contributed by atoms with Gasteiger partial charge in [0.2, 0.25) is 5.82 Å². The number of benzene rings is 2. The van der Waals surface area contributed by atoms with Gasteiger partial charge in [0.1, 0.15) is 5.82 Å². The van der Waals surface area contributed by atoms with Gasteiger partial charge in [0.15, 0.2) is 5.82 Å². The molecule has 1 N–H and O–H groups in total. The van der Waals surface area contributed by atoms with Gasteiger partial charge in [-0.05, 0) is 61.0 Å². The fourth-order valence-corrected chi connectivity index (χ4v) is 5.14. The average Bonchev–Trinajstić information content (AvgIpc) is 3.63. The third-order valence-corrected chi connectivity index (χ3v) is 6.89. The molecule has 1 fully saturated rings. The molecule has 6 rings (SSSR count). The second kappa shape index (κ2) is 7.97. The summed E-state index contributed by atoms with van der Waals surface area (Å²) < 4.78 is 1.76. The van der Waals surface area contributed by atoms with Crippen molar-refractivity contribution in [1.29, 1.82) is 0 Å². The molecule has 4 heterocycles. The van der Waals surface area contributed by atoms with Crippen LogP contribution >= 0.6 is 11.3 Å². The van der Waals surface area contributed by atoms with Crippen LogP contribution in [0.1, 0.15) is 40.9 Å². The van der Waals surface area contributed by atoms with Crippen molar-refractivity contribution in [3.05, 3.63) is 83.3 Å². The highest BCUT2D eigenvalue weighted by molar-refractivity contribution is 7.13. The number of thiophene rings is 1. The minimum atomic E-state index is -0.165. The maximum absolute atomic E-state index is 13.6. The summed E-state index contributed by atoms with van der Waals surface area (Å²) in [4.78, 5) is 29.3. The molecular weight excluding hydrogens is 432 g/mol. The molecule has 1 aliphatic rings. The normalized spacial score (nSPS) is 16.0. The molecule has 0 aliphatic carbocycles. The predicted octanol–water partition coefficient (Wildman–Crippen LogP) is 5.16. The molecule has 8 heteroatoms. The number of aryl methyl sites for hydroxylation is 1. The van der Waals surface area contributed by atoms with Crippen LogP contribution in [0.2, 0.25) is 0 Å². The number of amides is 1. The first-order valence-electron chi connectivity index (χ1n) is 11.0. The van der Waals surface area contributed by atoms with Gasteiger partial charge in [0, 0.05) is 6.54 Å². The van der Waals surface area contributed by atoms with Gasteiger partial charge < -0.3 is 9.88 Å². The van der Waals surface area contributed by atoms with Crippen LogP contribution in [0.5, 0.6) is 0 Å². The smallest absolute Gasteiger partial charge is 0.294 e. The third-order valence-electron chi connectivity index (χ3n) is 6.03. The number of carbonyl (C=O) groups excluding carboxylic acids is 1. The molecule has 1 saturated heterocycles. The number of aromatic amines is 1. The van der Waals surface area contributed by atoms with E-state index >= 15 is 0 Å². The Bertz CT molecular complexity index is 1440. The van der Waals surface area contributed by atoms with E-state index in [0.717, 1.165) is 40.3 Å². The largest absolute Gasteiger partial charge is 0.340 e. The number of nitrogens with zero attached hydrogens (tertiary/aromatic N) is 5. The van der Waals surface area contributed by atoms with Crippen LogP contribution in [-0.4, -0.2) is 42.1 Å².